The molecule has 0 atom stereocenters. The smallest absolute Gasteiger partial charge is 0.337 e. The van der Waals surface area contributed by atoms with Gasteiger partial charge in [0.2, 0.25) is 0 Å². The summed E-state index contributed by atoms with van der Waals surface area (Å²) in [7, 11) is 0. The van der Waals surface area contributed by atoms with E-state index in [0.29, 0.717) is 7.14 Å². The van der Waals surface area contributed by atoms with Crippen molar-refractivity contribution in [2.45, 2.75) is 0 Å². The third-order valence-corrected chi connectivity index (χ3v) is 5.10. The lowest BCUT2D eigenvalue weighted by Gasteiger charge is -2.12. The number of hydrogen-bond donors (Lipinski definition) is 3. The van der Waals surface area contributed by atoms with Gasteiger partial charge in [-0.3, -0.25) is 0 Å². The number of carboxylic acid groups (broad SMARTS) is 2. The molecule has 0 aromatic heterocycles. The van der Waals surface area contributed by atoms with E-state index in [-0.39, 0.29) is 32.8 Å². The Morgan fingerprint density at radius 3 is 1.41 bits per heavy atom. The third kappa shape index (κ3) is 3.26. The van der Waals surface area contributed by atoms with Gasteiger partial charge in [0.05, 0.1) is 24.0 Å². The highest BCUT2D eigenvalue weighted by molar-refractivity contribution is 14.1. The highest BCUT2D eigenvalue weighted by atomic mass is 127. The van der Waals surface area contributed by atoms with Crippen LogP contribution in [-0.4, -0.2) is 22.2 Å². The number of halogens is 4. The van der Waals surface area contributed by atoms with Crippen LogP contribution in [0.3, 0.4) is 0 Å². The summed E-state index contributed by atoms with van der Waals surface area (Å²) in [6.45, 7) is 0. The van der Waals surface area contributed by atoms with Crippen LogP contribution < -0.4 is 5.73 Å². The quantitative estimate of drug-likeness (QED) is 0.361. The van der Waals surface area contributed by atoms with Crippen molar-refractivity contribution in [3.8, 4) is 0 Å². The Bertz CT molecular complexity index is 465. The van der Waals surface area contributed by atoms with Crippen LogP contribution in [0.1, 0.15) is 20.7 Å². The number of carbonyl (C=O) groups is 2. The Morgan fingerprint density at radius 1 is 0.882 bits per heavy atom. The Balaban J connectivity index is 0.00000256. The first-order valence-electron chi connectivity index (χ1n) is 3.71. The lowest BCUT2D eigenvalue weighted by atomic mass is 10.1. The second-order valence-electron chi connectivity index (χ2n) is 2.72. The van der Waals surface area contributed by atoms with Gasteiger partial charge in [-0.15, -0.1) is 12.4 Å². The molecule has 5 nitrogen and oxygen atoms in total. The zero-order chi connectivity index (χ0) is 12.6. The number of nitrogen functional groups attached to an aromatic ring is 1. The summed E-state index contributed by atoms with van der Waals surface area (Å²) in [4.78, 5) is 22.0. The van der Waals surface area contributed by atoms with Crippen LogP contribution in [0.5, 0.6) is 0 Å². The van der Waals surface area contributed by atoms with E-state index in [9.17, 15) is 9.59 Å². The summed E-state index contributed by atoms with van der Waals surface area (Å²) in [6.07, 6.45) is 0. The number of hydrogen-bond acceptors (Lipinski definition) is 3. The van der Waals surface area contributed by atoms with Crippen LogP contribution in [0.25, 0.3) is 0 Å². The highest BCUT2D eigenvalue weighted by Crippen LogP contribution is 2.33. The fraction of sp³-hybridized carbons (Fsp3) is 0. The van der Waals surface area contributed by atoms with Gasteiger partial charge in [-0.25, -0.2) is 9.59 Å². The summed E-state index contributed by atoms with van der Waals surface area (Å²) >= 11 is 5.32. The van der Waals surface area contributed by atoms with Gasteiger partial charge in [0, 0.05) is 3.57 Å². The molecule has 17 heavy (non-hydrogen) atoms. The number of aromatic carboxylic acids is 2. The Kier molecular flexibility index (Phi) is 6.73. The van der Waals surface area contributed by atoms with Gasteiger partial charge in [-0.05, 0) is 67.8 Å². The third-order valence-electron chi connectivity index (χ3n) is 1.78. The molecule has 0 fully saturated rings. The largest absolute Gasteiger partial charge is 0.478 e. The molecule has 4 N–H and O–H groups in total. The molecule has 94 valence electrons. The van der Waals surface area contributed by atoms with Gasteiger partial charge in [-0.2, -0.15) is 0 Å². The van der Waals surface area contributed by atoms with Gasteiger partial charge >= 0.3 is 11.9 Å². The van der Waals surface area contributed by atoms with Gasteiger partial charge in [-0.1, -0.05) is 0 Å². The summed E-state index contributed by atoms with van der Waals surface area (Å²) in [6, 6.07) is 0. The van der Waals surface area contributed by atoms with E-state index < -0.39 is 11.9 Å². The van der Waals surface area contributed by atoms with Crippen molar-refractivity contribution < 1.29 is 19.8 Å². The number of nitrogens with two attached hydrogens (primary N) is 1. The minimum Gasteiger partial charge on any atom is -0.478 e. The molecule has 0 heterocycles. The Hall–Kier alpha value is 0.440. The molecular weight excluding hydrogens is 590 g/mol. The zero-order valence-corrected chi connectivity index (χ0v) is 15.1. The van der Waals surface area contributed by atoms with Crippen LogP contribution >= 0.6 is 80.2 Å². The fourth-order valence-electron chi connectivity index (χ4n) is 1.06. The minimum absolute atomic E-state index is 0. The highest BCUT2D eigenvalue weighted by Gasteiger charge is 2.26. The van der Waals surface area contributed by atoms with Crippen LogP contribution in [0.4, 0.5) is 5.69 Å². The normalized spacial score (nSPS) is 9.59. The first kappa shape index (κ1) is 17.4. The maximum absolute atomic E-state index is 11.0. The van der Waals surface area contributed by atoms with Gasteiger partial charge in [0.25, 0.3) is 0 Å². The average molecular weight is 595 g/mol. The van der Waals surface area contributed by atoms with E-state index in [1.165, 1.54) is 0 Å². The molecule has 0 saturated carbocycles. The predicted molar refractivity (Wildman–Crippen MR) is 90.2 cm³/mol. The fourth-order valence-corrected chi connectivity index (χ4v) is 5.15. The van der Waals surface area contributed by atoms with Crippen LogP contribution in [-0.2, 0) is 0 Å². The van der Waals surface area contributed by atoms with E-state index >= 15 is 0 Å². The standard InChI is InChI=1S/C8H4I3NO4.ClH/c9-3-1(7(13)14)4(10)6(12)5(11)2(3)8(15)16;/h12H2,(H,13,14)(H,15,16);1H. The van der Waals surface area contributed by atoms with Gasteiger partial charge in [0.15, 0.2) is 0 Å². The minimum atomic E-state index is -1.18. The second-order valence-corrected chi connectivity index (χ2v) is 5.95. The SMILES string of the molecule is Cl.Nc1c(I)c(C(=O)O)c(I)c(C(=O)O)c1I. The molecule has 0 radical (unpaired) electrons. The first-order chi connectivity index (χ1) is 7.29. The van der Waals surface area contributed by atoms with Crippen molar-refractivity contribution in [2.75, 3.05) is 5.73 Å². The summed E-state index contributed by atoms with van der Waals surface area (Å²) in [5.41, 5.74) is 5.76. The second kappa shape index (κ2) is 6.56. The maximum atomic E-state index is 11.0. The summed E-state index contributed by atoms with van der Waals surface area (Å²) < 4.78 is 0.924. The molecule has 0 saturated heterocycles. The van der Waals surface area contributed by atoms with Crippen molar-refractivity contribution in [2.24, 2.45) is 0 Å². The molecule has 0 aliphatic heterocycles. The molecule has 1 rings (SSSR count). The van der Waals surface area contributed by atoms with Crippen molar-refractivity contribution >= 4 is 97.8 Å². The van der Waals surface area contributed by atoms with Crippen LogP contribution in [0, 0.1) is 10.7 Å². The molecule has 0 aliphatic carbocycles. The Labute approximate surface area is 143 Å². The van der Waals surface area contributed by atoms with Crippen LogP contribution in [0.2, 0.25) is 0 Å². The molecule has 0 unspecified atom stereocenters. The zero-order valence-electron chi connectivity index (χ0n) is 7.83. The lowest BCUT2D eigenvalue weighted by Crippen LogP contribution is -2.14. The molecule has 0 amide bonds. The van der Waals surface area contributed by atoms with Crippen LogP contribution in [0.15, 0.2) is 0 Å². The van der Waals surface area contributed by atoms with Crippen molar-refractivity contribution in [1.29, 1.82) is 0 Å². The average Bonchev–Trinajstić information content (AvgIpc) is 2.13. The molecule has 0 spiro atoms. The number of benzene rings is 1. The van der Waals surface area contributed by atoms with Gasteiger partial charge < -0.3 is 15.9 Å². The molecule has 9 heteroatoms. The molecular formula is C8H5ClI3NO4. The molecule has 1 aromatic rings. The van der Waals surface area contributed by atoms with Crippen molar-refractivity contribution in [3.05, 3.63) is 21.8 Å². The van der Waals surface area contributed by atoms with Gasteiger partial charge in [0.1, 0.15) is 0 Å². The number of rotatable bonds is 2. The van der Waals surface area contributed by atoms with E-state index in [2.05, 4.69) is 0 Å². The van der Waals surface area contributed by atoms with E-state index in [1.807, 2.05) is 0 Å². The number of anilines is 1. The van der Waals surface area contributed by atoms with E-state index in [4.69, 9.17) is 15.9 Å². The van der Waals surface area contributed by atoms with Crippen molar-refractivity contribution in [3.63, 3.8) is 0 Å². The van der Waals surface area contributed by atoms with Crippen molar-refractivity contribution in [1.82, 2.24) is 0 Å². The molecule has 0 aliphatic rings. The first-order valence-corrected chi connectivity index (χ1v) is 6.95. The lowest BCUT2D eigenvalue weighted by molar-refractivity contribution is 0.0694. The summed E-state index contributed by atoms with van der Waals surface area (Å²) in [5, 5.41) is 18.0. The topological polar surface area (TPSA) is 101 Å². The van der Waals surface area contributed by atoms with E-state index in [1.54, 1.807) is 67.8 Å². The maximum Gasteiger partial charge on any atom is 0.337 e. The monoisotopic (exact) mass is 595 g/mol. The molecule has 0 bridgehead atoms. The van der Waals surface area contributed by atoms with E-state index in [0.717, 1.165) is 0 Å². The number of carboxylic acids is 2. The summed E-state index contributed by atoms with van der Waals surface area (Å²) in [5.74, 6) is -2.36. The Morgan fingerprint density at radius 2 is 1.18 bits per heavy atom. The predicted octanol–water partition coefficient (Wildman–Crippen LogP) is 2.90. The molecule has 1 aromatic carbocycles.